The van der Waals surface area contributed by atoms with Crippen LogP contribution in [0.15, 0.2) is 36.4 Å². The predicted molar refractivity (Wildman–Crippen MR) is 92.7 cm³/mol. The zero-order chi connectivity index (χ0) is 19.2. The largest absolute Gasteiger partial charge is 0.486 e. The molecule has 0 atom stereocenters. The number of carbonyl (C=O) groups excluding carboxylic acids is 1. The van der Waals surface area contributed by atoms with Crippen molar-refractivity contribution >= 4 is 11.6 Å². The minimum Gasteiger partial charge on any atom is -0.486 e. The van der Waals surface area contributed by atoms with E-state index >= 15 is 0 Å². The Morgan fingerprint density at radius 3 is 2.74 bits per heavy atom. The first-order chi connectivity index (χ1) is 13.0. The Morgan fingerprint density at radius 2 is 1.96 bits per heavy atom. The number of nitrogens with one attached hydrogen (secondary N) is 1. The van der Waals surface area contributed by atoms with Gasteiger partial charge in [-0.1, -0.05) is 6.07 Å². The Kier molecular flexibility index (Phi) is 5.70. The molecule has 0 radical (unpaired) electrons. The number of fused-ring (bicyclic) bond motifs is 1. The molecule has 0 aromatic heterocycles. The van der Waals surface area contributed by atoms with E-state index in [2.05, 4.69) is 5.32 Å². The quantitative estimate of drug-likeness (QED) is 0.588. The van der Waals surface area contributed by atoms with Gasteiger partial charge >= 0.3 is 5.69 Å². The zero-order valence-corrected chi connectivity index (χ0v) is 14.3. The van der Waals surface area contributed by atoms with Crippen LogP contribution in [0.5, 0.6) is 17.2 Å². The van der Waals surface area contributed by atoms with E-state index in [9.17, 15) is 19.3 Å². The molecule has 0 fully saturated rings. The smallest absolute Gasteiger partial charge is 0.311 e. The fraction of sp³-hybridized carbons (Fsp3) is 0.278. The molecule has 1 aliphatic heterocycles. The summed E-state index contributed by atoms with van der Waals surface area (Å²) in [6.07, 6.45) is 0.558. The minimum atomic E-state index is -0.700. The van der Waals surface area contributed by atoms with E-state index in [4.69, 9.17) is 14.2 Å². The highest BCUT2D eigenvalue weighted by atomic mass is 19.1. The Hall–Kier alpha value is -3.36. The van der Waals surface area contributed by atoms with E-state index in [1.165, 1.54) is 0 Å². The maximum absolute atomic E-state index is 13.2. The maximum atomic E-state index is 13.2. The van der Waals surface area contributed by atoms with Crippen LogP contribution in [0.4, 0.5) is 10.1 Å². The number of hydrogen-bond acceptors (Lipinski definition) is 6. The number of benzene rings is 2. The third-order valence-corrected chi connectivity index (χ3v) is 3.82. The first kappa shape index (κ1) is 18.4. The van der Waals surface area contributed by atoms with Crippen molar-refractivity contribution in [1.82, 2.24) is 5.32 Å². The second-order valence-electron chi connectivity index (χ2n) is 5.74. The Balaban J connectivity index is 1.48. The van der Waals surface area contributed by atoms with Crippen molar-refractivity contribution in [2.24, 2.45) is 0 Å². The van der Waals surface area contributed by atoms with Crippen LogP contribution >= 0.6 is 0 Å². The van der Waals surface area contributed by atoms with Gasteiger partial charge in [-0.3, -0.25) is 14.9 Å². The molecular formula is C18H17FN2O6. The van der Waals surface area contributed by atoms with E-state index < -0.39 is 28.9 Å². The van der Waals surface area contributed by atoms with Crippen molar-refractivity contribution in [2.75, 3.05) is 26.4 Å². The number of nitrogens with zero attached hydrogens (tertiary/aromatic N) is 1. The standard InChI is InChI=1S/C18H17FN2O6/c19-13-2-3-14(21(23)24)16(10-13)27-11-18(22)20-6-5-12-1-4-15-17(9-12)26-8-7-25-15/h1-4,9-10H,5-8,11H2,(H,20,22). The Bertz CT molecular complexity index is 858. The van der Waals surface area contributed by atoms with Crippen LogP contribution in [-0.2, 0) is 11.2 Å². The van der Waals surface area contributed by atoms with Gasteiger partial charge in [0.05, 0.1) is 4.92 Å². The molecule has 0 bridgehead atoms. The topological polar surface area (TPSA) is 99.9 Å². The molecule has 0 saturated carbocycles. The van der Waals surface area contributed by atoms with Crippen molar-refractivity contribution in [3.05, 3.63) is 57.9 Å². The van der Waals surface area contributed by atoms with Crippen LogP contribution in [0.3, 0.4) is 0 Å². The number of amides is 1. The molecule has 1 heterocycles. The molecule has 1 N–H and O–H groups in total. The number of rotatable bonds is 7. The lowest BCUT2D eigenvalue weighted by Gasteiger charge is -2.18. The molecule has 1 amide bonds. The summed E-state index contributed by atoms with van der Waals surface area (Å²) in [7, 11) is 0. The molecule has 27 heavy (non-hydrogen) atoms. The molecule has 3 rings (SSSR count). The van der Waals surface area contributed by atoms with E-state index in [1.807, 2.05) is 18.2 Å². The lowest BCUT2D eigenvalue weighted by atomic mass is 10.1. The maximum Gasteiger partial charge on any atom is 0.311 e. The lowest BCUT2D eigenvalue weighted by molar-refractivity contribution is -0.385. The van der Waals surface area contributed by atoms with E-state index in [-0.39, 0.29) is 5.75 Å². The summed E-state index contributed by atoms with van der Waals surface area (Å²) in [4.78, 5) is 22.1. The van der Waals surface area contributed by atoms with Crippen LogP contribution in [0.2, 0.25) is 0 Å². The molecule has 8 nitrogen and oxygen atoms in total. The summed E-state index contributed by atoms with van der Waals surface area (Å²) in [5.41, 5.74) is 0.557. The SMILES string of the molecule is O=C(COc1cc(F)ccc1[N+](=O)[O-])NCCc1ccc2c(c1)OCCO2. The molecule has 2 aromatic rings. The van der Waals surface area contributed by atoms with Gasteiger partial charge in [-0.2, -0.15) is 0 Å². The summed E-state index contributed by atoms with van der Waals surface area (Å²) >= 11 is 0. The Morgan fingerprint density at radius 1 is 1.19 bits per heavy atom. The lowest BCUT2D eigenvalue weighted by Crippen LogP contribution is -2.30. The molecule has 9 heteroatoms. The summed E-state index contributed by atoms with van der Waals surface area (Å²) in [6.45, 7) is 0.904. The van der Waals surface area contributed by atoms with E-state index in [0.29, 0.717) is 37.7 Å². The normalized spacial score (nSPS) is 12.3. The van der Waals surface area contributed by atoms with Gasteiger partial charge < -0.3 is 19.5 Å². The van der Waals surface area contributed by atoms with E-state index in [1.54, 1.807) is 0 Å². The number of nitro benzene ring substituents is 1. The molecule has 2 aromatic carbocycles. The van der Waals surface area contributed by atoms with Gasteiger partial charge in [-0.25, -0.2) is 4.39 Å². The second kappa shape index (κ2) is 8.35. The highest BCUT2D eigenvalue weighted by Crippen LogP contribution is 2.30. The van der Waals surface area contributed by atoms with Gasteiger partial charge in [0, 0.05) is 18.7 Å². The monoisotopic (exact) mass is 376 g/mol. The van der Waals surface area contributed by atoms with Crippen molar-refractivity contribution < 1.29 is 28.3 Å². The highest BCUT2D eigenvalue weighted by molar-refractivity contribution is 5.77. The summed E-state index contributed by atoms with van der Waals surface area (Å²) in [5.74, 6) is -0.0753. The van der Waals surface area contributed by atoms with E-state index in [0.717, 1.165) is 23.8 Å². The molecule has 0 spiro atoms. The van der Waals surface area contributed by atoms with Crippen LogP contribution in [-0.4, -0.2) is 37.2 Å². The van der Waals surface area contributed by atoms with Crippen molar-refractivity contribution in [3.63, 3.8) is 0 Å². The molecule has 0 saturated heterocycles. The third kappa shape index (κ3) is 4.84. The number of carbonyl (C=O) groups is 1. The summed E-state index contributed by atoms with van der Waals surface area (Å²) in [5, 5.41) is 13.5. The van der Waals surface area contributed by atoms with Crippen LogP contribution in [0.1, 0.15) is 5.56 Å². The number of halogens is 1. The zero-order valence-electron chi connectivity index (χ0n) is 14.3. The van der Waals surface area contributed by atoms with Gasteiger partial charge in [0.15, 0.2) is 18.1 Å². The van der Waals surface area contributed by atoms with Gasteiger partial charge in [0.25, 0.3) is 5.91 Å². The molecule has 142 valence electrons. The first-order valence-electron chi connectivity index (χ1n) is 8.25. The number of hydrogen-bond donors (Lipinski definition) is 1. The van der Waals surface area contributed by atoms with Crippen molar-refractivity contribution in [2.45, 2.75) is 6.42 Å². The average molecular weight is 376 g/mol. The highest BCUT2D eigenvalue weighted by Gasteiger charge is 2.17. The van der Waals surface area contributed by atoms with Gasteiger partial charge in [-0.05, 0) is 30.2 Å². The second-order valence-corrected chi connectivity index (χ2v) is 5.74. The van der Waals surface area contributed by atoms with Gasteiger partial charge in [0.2, 0.25) is 5.75 Å². The van der Waals surface area contributed by atoms with Crippen LogP contribution < -0.4 is 19.5 Å². The number of ether oxygens (including phenoxy) is 3. The predicted octanol–water partition coefficient (Wildman–Crippen LogP) is 2.24. The molecule has 0 aliphatic carbocycles. The minimum absolute atomic E-state index is 0.290. The fourth-order valence-corrected chi connectivity index (χ4v) is 2.54. The molecule has 0 unspecified atom stereocenters. The summed E-state index contributed by atoms with van der Waals surface area (Å²) < 4.78 is 29.3. The Labute approximate surface area is 154 Å². The fourth-order valence-electron chi connectivity index (χ4n) is 2.54. The van der Waals surface area contributed by atoms with Gasteiger partial charge in [0.1, 0.15) is 19.0 Å². The van der Waals surface area contributed by atoms with Gasteiger partial charge in [-0.15, -0.1) is 0 Å². The molecular weight excluding hydrogens is 359 g/mol. The van der Waals surface area contributed by atoms with Crippen LogP contribution in [0, 0.1) is 15.9 Å². The third-order valence-electron chi connectivity index (χ3n) is 3.82. The van der Waals surface area contributed by atoms with Crippen molar-refractivity contribution in [1.29, 1.82) is 0 Å². The van der Waals surface area contributed by atoms with Crippen LogP contribution in [0.25, 0.3) is 0 Å². The number of nitro groups is 1. The first-order valence-corrected chi connectivity index (χ1v) is 8.25. The molecule has 1 aliphatic rings. The average Bonchev–Trinajstić information content (AvgIpc) is 2.66. The summed E-state index contributed by atoms with van der Waals surface area (Å²) in [6, 6.07) is 8.38. The van der Waals surface area contributed by atoms with Crippen molar-refractivity contribution in [3.8, 4) is 17.2 Å².